The molecule has 0 spiro atoms. The number of aliphatic carboxylic acids is 1. The van der Waals surface area contributed by atoms with E-state index in [4.69, 9.17) is 5.11 Å². The maximum absolute atomic E-state index is 12.4. The first-order valence-electron chi connectivity index (χ1n) is 6.18. The number of rotatable bonds is 2. The van der Waals surface area contributed by atoms with E-state index in [1.54, 1.807) is 12.1 Å². The van der Waals surface area contributed by atoms with Gasteiger partial charge in [-0.2, -0.15) is 0 Å². The van der Waals surface area contributed by atoms with Crippen LogP contribution in [-0.2, 0) is 4.79 Å². The number of benzene rings is 1. The van der Waals surface area contributed by atoms with Crippen LogP contribution < -0.4 is 0 Å². The van der Waals surface area contributed by atoms with E-state index in [2.05, 4.69) is 0 Å². The number of hydrogen-bond donors (Lipinski definition) is 2. The molecule has 2 N–H and O–H groups in total. The number of hydrogen-bond acceptors (Lipinski definition) is 3. The number of carbonyl (C=O) groups is 2. The van der Waals surface area contributed by atoms with Crippen molar-refractivity contribution >= 4 is 11.9 Å². The first kappa shape index (κ1) is 13.5. The Morgan fingerprint density at radius 1 is 1.21 bits per heavy atom. The quantitative estimate of drug-likeness (QED) is 0.833. The molecule has 5 nitrogen and oxygen atoms in total. The van der Waals surface area contributed by atoms with Gasteiger partial charge in [0.25, 0.3) is 5.91 Å². The Hall–Kier alpha value is -1.88. The van der Waals surface area contributed by atoms with Crippen molar-refractivity contribution in [1.82, 2.24) is 4.90 Å². The largest absolute Gasteiger partial charge is 0.480 e. The monoisotopic (exact) mass is 263 g/mol. The molecular weight excluding hydrogens is 246 g/mol. The Bertz CT molecular complexity index is 506. The first-order chi connectivity index (χ1) is 8.88. The summed E-state index contributed by atoms with van der Waals surface area (Å²) in [5, 5.41) is 18.7. The smallest absolute Gasteiger partial charge is 0.326 e. The molecule has 0 radical (unpaired) electrons. The van der Waals surface area contributed by atoms with Crippen LogP contribution in [0.1, 0.15) is 27.9 Å². The summed E-state index contributed by atoms with van der Waals surface area (Å²) >= 11 is 0. The van der Waals surface area contributed by atoms with E-state index >= 15 is 0 Å². The molecular formula is C14H17NO4. The van der Waals surface area contributed by atoms with Gasteiger partial charge in [0.05, 0.1) is 6.10 Å². The number of aliphatic hydroxyl groups excluding tert-OH is 1. The van der Waals surface area contributed by atoms with Crippen LogP contribution in [0.3, 0.4) is 0 Å². The van der Waals surface area contributed by atoms with Gasteiger partial charge in [-0.05, 0) is 26.0 Å². The minimum absolute atomic E-state index is 0.0722. The number of β-amino-alcohol motifs (C(OH)–C–C–N with tert-alkyl or cyclic N) is 1. The van der Waals surface area contributed by atoms with Crippen LogP contribution in [0.2, 0.25) is 0 Å². The van der Waals surface area contributed by atoms with Gasteiger partial charge in [0, 0.05) is 18.5 Å². The summed E-state index contributed by atoms with van der Waals surface area (Å²) in [5.74, 6) is -1.41. The van der Waals surface area contributed by atoms with Crippen molar-refractivity contribution < 1.29 is 19.8 Å². The van der Waals surface area contributed by atoms with Crippen LogP contribution >= 0.6 is 0 Å². The molecule has 0 aromatic heterocycles. The molecule has 1 heterocycles. The number of carbonyl (C=O) groups excluding carboxylic acids is 1. The van der Waals surface area contributed by atoms with Crippen molar-refractivity contribution in [3.05, 3.63) is 34.9 Å². The molecule has 2 atom stereocenters. The van der Waals surface area contributed by atoms with Crippen molar-refractivity contribution in [2.45, 2.75) is 32.4 Å². The van der Waals surface area contributed by atoms with Crippen molar-refractivity contribution in [2.75, 3.05) is 6.54 Å². The lowest BCUT2D eigenvalue weighted by Crippen LogP contribution is -2.40. The van der Waals surface area contributed by atoms with E-state index in [0.29, 0.717) is 5.56 Å². The number of amides is 1. The average molecular weight is 263 g/mol. The molecule has 1 fully saturated rings. The van der Waals surface area contributed by atoms with Crippen molar-refractivity contribution in [1.29, 1.82) is 0 Å². The number of nitrogens with zero attached hydrogens (tertiary/aromatic N) is 1. The zero-order valence-electron chi connectivity index (χ0n) is 11.0. The molecule has 0 bridgehead atoms. The van der Waals surface area contributed by atoms with Gasteiger partial charge >= 0.3 is 5.97 Å². The number of carboxylic acids is 1. The predicted octanol–water partition coefficient (Wildman–Crippen LogP) is 0.963. The summed E-state index contributed by atoms with van der Waals surface area (Å²) in [4.78, 5) is 24.7. The fourth-order valence-corrected chi connectivity index (χ4v) is 2.54. The van der Waals surface area contributed by atoms with Gasteiger partial charge in [-0.1, -0.05) is 17.2 Å². The van der Waals surface area contributed by atoms with Gasteiger partial charge < -0.3 is 15.1 Å². The highest BCUT2D eigenvalue weighted by atomic mass is 16.4. The van der Waals surface area contributed by atoms with Crippen molar-refractivity contribution in [3.63, 3.8) is 0 Å². The SMILES string of the molecule is Cc1cc(C)cc(C(=O)N2CC(O)CC2C(=O)O)c1. The number of aliphatic hydroxyl groups is 1. The third kappa shape index (κ3) is 2.76. The summed E-state index contributed by atoms with van der Waals surface area (Å²) in [7, 11) is 0. The second kappa shape index (κ2) is 5.01. The second-order valence-electron chi connectivity index (χ2n) is 5.08. The molecule has 19 heavy (non-hydrogen) atoms. The molecule has 2 rings (SSSR count). The Balaban J connectivity index is 2.30. The van der Waals surface area contributed by atoms with E-state index < -0.39 is 18.1 Å². The highest BCUT2D eigenvalue weighted by molar-refractivity contribution is 5.97. The average Bonchev–Trinajstić information content (AvgIpc) is 2.69. The van der Waals surface area contributed by atoms with Crippen LogP contribution in [0.5, 0.6) is 0 Å². The molecule has 1 aliphatic rings. The normalized spacial score (nSPS) is 22.6. The molecule has 5 heteroatoms. The standard InChI is InChI=1S/C14H17NO4/c1-8-3-9(2)5-10(4-8)13(17)15-7-11(16)6-12(15)14(18)19/h3-5,11-12,16H,6-7H2,1-2H3,(H,18,19). The fourth-order valence-electron chi connectivity index (χ4n) is 2.54. The minimum Gasteiger partial charge on any atom is -0.480 e. The minimum atomic E-state index is -1.07. The lowest BCUT2D eigenvalue weighted by molar-refractivity contribution is -0.141. The van der Waals surface area contributed by atoms with Crippen LogP contribution in [0.4, 0.5) is 0 Å². The molecule has 0 aliphatic carbocycles. The van der Waals surface area contributed by atoms with Crippen LogP contribution in [0.15, 0.2) is 18.2 Å². The number of aryl methyl sites for hydroxylation is 2. The molecule has 102 valence electrons. The topological polar surface area (TPSA) is 77.8 Å². The first-order valence-corrected chi connectivity index (χ1v) is 6.18. The van der Waals surface area contributed by atoms with E-state index in [1.807, 2.05) is 19.9 Å². The molecule has 1 aromatic rings. The number of likely N-dealkylation sites (tertiary alicyclic amines) is 1. The van der Waals surface area contributed by atoms with Gasteiger partial charge in [0.15, 0.2) is 0 Å². The predicted molar refractivity (Wildman–Crippen MR) is 69.0 cm³/mol. The van der Waals surface area contributed by atoms with Gasteiger partial charge in [-0.15, -0.1) is 0 Å². The van der Waals surface area contributed by atoms with E-state index in [1.165, 1.54) is 4.90 Å². The third-order valence-corrected chi connectivity index (χ3v) is 3.29. The van der Waals surface area contributed by atoms with Gasteiger partial charge in [-0.3, -0.25) is 4.79 Å². The molecule has 0 saturated carbocycles. The Morgan fingerprint density at radius 2 is 1.79 bits per heavy atom. The lowest BCUT2D eigenvalue weighted by atomic mass is 10.1. The highest BCUT2D eigenvalue weighted by Crippen LogP contribution is 2.22. The van der Waals surface area contributed by atoms with E-state index in [-0.39, 0.29) is 18.9 Å². The second-order valence-corrected chi connectivity index (χ2v) is 5.08. The molecule has 1 amide bonds. The third-order valence-electron chi connectivity index (χ3n) is 3.29. The molecule has 1 saturated heterocycles. The van der Waals surface area contributed by atoms with Crippen LogP contribution in [-0.4, -0.2) is 45.7 Å². The molecule has 1 aromatic carbocycles. The summed E-state index contributed by atoms with van der Waals surface area (Å²) in [6.45, 7) is 3.84. The highest BCUT2D eigenvalue weighted by Gasteiger charge is 2.39. The van der Waals surface area contributed by atoms with Gasteiger partial charge in [-0.25, -0.2) is 4.79 Å². The summed E-state index contributed by atoms with van der Waals surface area (Å²) in [6.07, 6.45) is -0.678. The molecule has 1 aliphatic heterocycles. The maximum atomic E-state index is 12.4. The summed E-state index contributed by atoms with van der Waals surface area (Å²) in [6, 6.07) is 4.48. The van der Waals surface area contributed by atoms with Gasteiger partial charge in [0.1, 0.15) is 6.04 Å². The number of carboxylic acid groups (broad SMARTS) is 1. The van der Waals surface area contributed by atoms with Crippen LogP contribution in [0.25, 0.3) is 0 Å². The van der Waals surface area contributed by atoms with Crippen molar-refractivity contribution in [3.8, 4) is 0 Å². The zero-order chi connectivity index (χ0) is 14.2. The lowest BCUT2D eigenvalue weighted by Gasteiger charge is -2.21. The summed E-state index contributed by atoms with van der Waals surface area (Å²) in [5.41, 5.74) is 2.38. The van der Waals surface area contributed by atoms with E-state index in [0.717, 1.165) is 11.1 Å². The fraction of sp³-hybridized carbons (Fsp3) is 0.429. The van der Waals surface area contributed by atoms with Crippen molar-refractivity contribution in [2.24, 2.45) is 0 Å². The molecule has 2 unspecified atom stereocenters. The van der Waals surface area contributed by atoms with E-state index in [9.17, 15) is 14.7 Å². The zero-order valence-corrected chi connectivity index (χ0v) is 11.0. The Kier molecular flexibility index (Phi) is 3.57. The summed E-state index contributed by atoms with van der Waals surface area (Å²) < 4.78 is 0. The Morgan fingerprint density at radius 3 is 2.32 bits per heavy atom. The Labute approximate surface area is 111 Å². The van der Waals surface area contributed by atoms with Crippen LogP contribution in [0, 0.1) is 13.8 Å². The van der Waals surface area contributed by atoms with Gasteiger partial charge in [0.2, 0.25) is 0 Å². The maximum Gasteiger partial charge on any atom is 0.326 e.